The Hall–Kier alpha value is -1.75. The van der Waals surface area contributed by atoms with E-state index in [0.29, 0.717) is 36.6 Å². The predicted molar refractivity (Wildman–Crippen MR) is 88.0 cm³/mol. The molecule has 2 N–H and O–H groups in total. The zero-order chi connectivity index (χ0) is 16.1. The number of nitrogens with one attached hydrogen (secondary N) is 2. The fourth-order valence-electron chi connectivity index (χ4n) is 2.52. The zero-order valence-corrected chi connectivity index (χ0v) is 13.7. The second-order valence-electron chi connectivity index (χ2n) is 5.87. The lowest BCUT2D eigenvalue weighted by Gasteiger charge is -2.31. The van der Waals surface area contributed by atoms with Gasteiger partial charge < -0.3 is 15.5 Å². The van der Waals surface area contributed by atoms with Crippen molar-refractivity contribution in [1.82, 2.24) is 10.2 Å². The topological polar surface area (TPSA) is 61.4 Å². The highest BCUT2D eigenvalue weighted by atomic mass is 35.5. The van der Waals surface area contributed by atoms with Crippen molar-refractivity contribution in [3.8, 4) is 0 Å². The molecule has 0 radical (unpaired) electrons. The Kier molecular flexibility index (Phi) is 5.66. The van der Waals surface area contributed by atoms with Gasteiger partial charge >= 0.3 is 6.03 Å². The van der Waals surface area contributed by atoms with Crippen molar-refractivity contribution in [2.24, 2.45) is 5.92 Å². The normalized spacial score (nSPS) is 15.7. The molecule has 1 aromatic rings. The lowest BCUT2D eigenvalue weighted by molar-refractivity contribution is -0.126. The first kappa shape index (κ1) is 16.6. The maximum Gasteiger partial charge on any atom is 0.321 e. The van der Waals surface area contributed by atoms with Crippen molar-refractivity contribution in [3.63, 3.8) is 0 Å². The highest BCUT2D eigenvalue weighted by molar-refractivity contribution is 6.30. The van der Waals surface area contributed by atoms with E-state index in [1.807, 2.05) is 13.8 Å². The summed E-state index contributed by atoms with van der Waals surface area (Å²) in [4.78, 5) is 25.9. The molecule has 120 valence electrons. The van der Waals surface area contributed by atoms with E-state index in [4.69, 9.17) is 11.6 Å². The smallest absolute Gasteiger partial charge is 0.321 e. The number of rotatable bonds is 3. The van der Waals surface area contributed by atoms with E-state index in [-0.39, 0.29) is 23.9 Å². The molecule has 0 saturated carbocycles. The van der Waals surface area contributed by atoms with Crippen LogP contribution in [0.1, 0.15) is 26.7 Å². The second-order valence-corrected chi connectivity index (χ2v) is 6.30. The van der Waals surface area contributed by atoms with E-state index < -0.39 is 0 Å². The van der Waals surface area contributed by atoms with Crippen LogP contribution in [0, 0.1) is 5.92 Å². The molecule has 0 spiro atoms. The summed E-state index contributed by atoms with van der Waals surface area (Å²) in [6.07, 6.45) is 1.39. The highest BCUT2D eigenvalue weighted by Gasteiger charge is 2.27. The molecule has 22 heavy (non-hydrogen) atoms. The van der Waals surface area contributed by atoms with Gasteiger partial charge in [0.25, 0.3) is 0 Å². The molecule has 1 fully saturated rings. The number of likely N-dealkylation sites (tertiary alicyclic amines) is 1. The molecule has 1 heterocycles. The minimum Gasteiger partial charge on any atom is -0.354 e. The van der Waals surface area contributed by atoms with E-state index in [2.05, 4.69) is 10.6 Å². The third kappa shape index (κ3) is 4.63. The summed E-state index contributed by atoms with van der Waals surface area (Å²) in [5.41, 5.74) is 0.678. The molecular formula is C16H22ClN3O2. The van der Waals surface area contributed by atoms with E-state index in [9.17, 15) is 9.59 Å². The number of urea groups is 1. The molecule has 1 aliphatic heterocycles. The van der Waals surface area contributed by atoms with Gasteiger partial charge in [-0.25, -0.2) is 4.79 Å². The van der Waals surface area contributed by atoms with Crippen molar-refractivity contribution >= 4 is 29.2 Å². The minimum atomic E-state index is -0.148. The van der Waals surface area contributed by atoms with Crippen molar-refractivity contribution < 1.29 is 9.59 Å². The van der Waals surface area contributed by atoms with Crippen molar-refractivity contribution in [3.05, 3.63) is 29.3 Å². The van der Waals surface area contributed by atoms with Gasteiger partial charge in [0, 0.05) is 35.8 Å². The van der Waals surface area contributed by atoms with Gasteiger partial charge in [-0.1, -0.05) is 17.7 Å². The Labute approximate surface area is 136 Å². The molecule has 3 amide bonds. The van der Waals surface area contributed by atoms with Gasteiger partial charge in [0.05, 0.1) is 0 Å². The highest BCUT2D eigenvalue weighted by Crippen LogP contribution is 2.20. The summed E-state index contributed by atoms with van der Waals surface area (Å²) in [7, 11) is 0. The third-order valence-corrected chi connectivity index (χ3v) is 3.89. The third-order valence-electron chi connectivity index (χ3n) is 3.66. The summed E-state index contributed by atoms with van der Waals surface area (Å²) in [6.45, 7) is 5.07. The molecule has 6 heteroatoms. The number of nitrogens with zero attached hydrogens (tertiary/aromatic N) is 1. The van der Waals surface area contributed by atoms with Crippen LogP contribution in [0.2, 0.25) is 5.02 Å². The van der Waals surface area contributed by atoms with Gasteiger partial charge in [0.15, 0.2) is 0 Å². The van der Waals surface area contributed by atoms with Gasteiger partial charge in [0.1, 0.15) is 0 Å². The summed E-state index contributed by atoms with van der Waals surface area (Å²) in [5, 5.41) is 6.35. The van der Waals surface area contributed by atoms with Crippen LogP contribution in [-0.4, -0.2) is 36.0 Å². The number of carbonyl (C=O) groups excluding carboxylic acids is 2. The van der Waals surface area contributed by atoms with E-state index >= 15 is 0 Å². The summed E-state index contributed by atoms with van der Waals surface area (Å²) < 4.78 is 0. The van der Waals surface area contributed by atoms with Crippen molar-refractivity contribution in [2.75, 3.05) is 18.4 Å². The number of halogens is 1. The number of hydrogen-bond donors (Lipinski definition) is 2. The Balaban J connectivity index is 1.83. The first-order valence-corrected chi connectivity index (χ1v) is 7.95. The number of benzene rings is 1. The Morgan fingerprint density at radius 2 is 1.95 bits per heavy atom. The monoisotopic (exact) mass is 323 g/mol. The van der Waals surface area contributed by atoms with Gasteiger partial charge in [0.2, 0.25) is 5.91 Å². The number of anilines is 1. The molecule has 0 aromatic heterocycles. The first-order valence-electron chi connectivity index (χ1n) is 7.57. The SMILES string of the molecule is CC(C)NC(=O)C1CCN(C(=O)Nc2cccc(Cl)c2)CC1. The molecule has 0 bridgehead atoms. The summed E-state index contributed by atoms with van der Waals surface area (Å²) in [5.74, 6) is 0.0857. The molecule has 2 rings (SSSR count). The lowest BCUT2D eigenvalue weighted by Crippen LogP contribution is -2.45. The van der Waals surface area contributed by atoms with E-state index in [0.717, 1.165) is 0 Å². The number of hydrogen-bond acceptors (Lipinski definition) is 2. The maximum absolute atomic E-state index is 12.2. The van der Waals surface area contributed by atoms with Crippen LogP contribution in [-0.2, 0) is 4.79 Å². The molecule has 0 unspecified atom stereocenters. The van der Waals surface area contributed by atoms with Crippen LogP contribution in [0.15, 0.2) is 24.3 Å². The van der Waals surface area contributed by atoms with Gasteiger partial charge in [-0.05, 0) is 44.9 Å². The van der Waals surface area contributed by atoms with Crippen LogP contribution in [0.5, 0.6) is 0 Å². The molecule has 1 saturated heterocycles. The quantitative estimate of drug-likeness (QED) is 0.897. The van der Waals surface area contributed by atoms with Gasteiger partial charge in [-0.2, -0.15) is 0 Å². The fourth-order valence-corrected chi connectivity index (χ4v) is 2.71. The Bertz CT molecular complexity index is 540. The average molecular weight is 324 g/mol. The molecule has 1 aliphatic rings. The molecule has 0 atom stereocenters. The van der Waals surface area contributed by atoms with Gasteiger partial charge in [-0.3, -0.25) is 4.79 Å². The predicted octanol–water partition coefficient (Wildman–Crippen LogP) is 3.11. The first-order chi connectivity index (χ1) is 10.5. The fraction of sp³-hybridized carbons (Fsp3) is 0.500. The number of amides is 3. The van der Waals surface area contributed by atoms with Crippen molar-refractivity contribution in [1.29, 1.82) is 0 Å². The molecular weight excluding hydrogens is 302 g/mol. The maximum atomic E-state index is 12.2. The zero-order valence-electron chi connectivity index (χ0n) is 12.9. The molecule has 5 nitrogen and oxygen atoms in total. The second kappa shape index (κ2) is 7.49. The van der Waals surface area contributed by atoms with Crippen LogP contribution in [0.25, 0.3) is 0 Å². The molecule has 1 aromatic carbocycles. The van der Waals surface area contributed by atoms with Gasteiger partial charge in [-0.15, -0.1) is 0 Å². The Morgan fingerprint density at radius 3 is 2.55 bits per heavy atom. The standard InChI is InChI=1S/C16H22ClN3O2/c1-11(2)18-15(21)12-6-8-20(9-7-12)16(22)19-14-5-3-4-13(17)10-14/h3-5,10-12H,6-9H2,1-2H3,(H,18,21)(H,19,22). The van der Waals surface area contributed by atoms with E-state index in [1.54, 1.807) is 29.2 Å². The molecule has 0 aliphatic carbocycles. The van der Waals surface area contributed by atoms with Crippen LogP contribution < -0.4 is 10.6 Å². The summed E-state index contributed by atoms with van der Waals surface area (Å²) >= 11 is 5.90. The Morgan fingerprint density at radius 1 is 1.27 bits per heavy atom. The van der Waals surface area contributed by atoms with E-state index in [1.165, 1.54) is 0 Å². The van der Waals surface area contributed by atoms with Crippen LogP contribution in [0.3, 0.4) is 0 Å². The van der Waals surface area contributed by atoms with Crippen molar-refractivity contribution in [2.45, 2.75) is 32.7 Å². The lowest BCUT2D eigenvalue weighted by atomic mass is 9.96. The van der Waals surface area contributed by atoms with Crippen LogP contribution in [0.4, 0.5) is 10.5 Å². The number of carbonyl (C=O) groups is 2. The largest absolute Gasteiger partial charge is 0.354 e. The van der Waals surface area contributed by atoms with Crippen LogP contribution >= 0.6 is 11.6 Å². The minimum absolute atomic E-state index is 0.00220. The number of piperidine rings is 1. The summed E-state index contributed by atoms with van der Waals surface area (Å²) in [6, 6.07) is 7.06. The average Bonchev–Trinajstić information content (AvgIpc) is 2.46.